The zero-order valence-electron chi connectivity index (χ0n) is 11.1. The maximum Gasteiger partial charge on any atom is 0.339 e. The van der Waals surface area contributed by atoms with E-state index in [0.29, 0.717) is 0 Å². The van der Waals surface area contributed by atoms with Gasteiger partial charge in [-0.05, 0) is 26.3 Å². The van der Waals surface area contributed by atoms with Crippen LogP contribution in [0.2, 0.25) is 0 Å². The van der Waals surface area contributed by atoms with Gasteiger partial charge in [0.15, 0.2) is 5.82 Å². The Bertz CT molecular complexity index is 720. The number of carboxylic acid groups (broad SMARTS) is 1. The van der Waals surface area contributed by atoms with E-state index < -0.39 is 10.9 Å². The number of aromatic carboxylic acids is 1. The summed E-state index contributed by atoms with van der Waals surface area (Å²) in [6, 6.07) is 0.983. The lowest BCUT2D eigenvalue weighted by Crippen LogP contribution is -2.11. The highest BCUT2D eigenvalue weighted by Crippen LogP contribution is 2.21. The second kappa shape index (κ2) is 4.72. The normalized spacial score (nSPS) is 10.6. The van der Waals surface area contributed by atoms with Crippen LogP contribution in [0, 0.1) is 30.9 Å². The second-order valence-electron chi connectivity index (χ2n) is 4.33. The summed E-state index contributed by atoms with van der Waals surface area (Å²) in [6.45, 7) is 5.44. The molecule has 0 aliphatic heterocycles. The molecule has 8 nitrogen and oxygen atoms in total. The van der Waals surface area contributed by atoms with Crippen LogP contribution in [-0.2, 0) is 0 Å². The van der Waals surface area contributed by atoms with Crippen LogP contribution in [0.25, 0.3) is 5.82 Å². The molecule has 8 heteroatoms. The second-order valence-corrected chi connectivity index (χ2v) is 4.33. The Balaban J connectivity index is 2.70. The van der Waals surface area contributed by atoms with E-state index in [2.05, 4.69) is 10.1 Å². The lowest BCUT2D eigenvalue weighted by Gasteiger charge is -2.07. The number of nitrogens with zero attached hydrogens (tertiary/aromatic N) is 4. The number of aryl methyl sites for hydroxylation is 1. The third kappa shape index (κ3) is 2.11. The van der Waals surface area contributed by atoms with Crippen molar-refractivity contribution in [1.29, 1.82) is 0 Å². The summed E-state index contributed by atoms with van der Waals surface area (Å²) in [6.07, 6.45) is 1.02. The van der Waals surface area contributed by atoms with Crippen LogP contribution in [0.1, 0.15) is 27.3 Å². The summed E-state index contributed by atoms with van der Waals surface area (Å²) in [5.41, 5.74) is 1.78. The van der Waals surface area contributed by atoms with Crippen LogP contribution in [0.4, 0.5) is 5.69 Å². The van der Waals surface area contributed by atoms with E-state index in [1.54, 1.807) is 13.8 Å². The standard InChI is InChI=1S/C12H12N4O4/c1-6-7(2)14-15(8(6)3)11-10(12(17)18)4-9(5-13-11)16(19)20/h4-5H,1-3H3,(H,17,18). The monoisotopic (exact) mass is 276 g/mol. The van der Waals surface area contributed by atoms with Gasteiger partial charge in [-0.3, -0.25) is 10.1 Å². The van der Waals surface area contributed by atoms with E-state index in [-0.39, 0.29) is 17.1 Å². The molecule has 2 aromatic rings. The highest BCUT2D eigenvalue weighted by atomic mass is 16.6. The highest BCUT2D eigenvalue weighted by molar-refractivity contribution is 5.91. The third-order valence-electron chi connectivity index (χ3n) is 3.15. The van der Waals surface area contributed by atoms with Crippen LogP contribution in [0.5, 0.6) is 0 Å². The molecule has 0 aromatic carbocycles. The van der Waals surface area contributed by atoms with Crippen molar-refractivity contribution in [2.75, 3.05) is 0 Å². The SMILES string of the molecule is Cc1nn(-c2ncc([N+](=O)[O-])cc2C(=O)O)c(C)c1C. The first-order valence-corrected chi connectivity index (χ1v) is 5.74. The molecule has 0 atom stereocenters. The Morgan fingerprint density at radius 1 is 1.40 bits per heavy atom. The third-order valence-corrected chi connectivity index (χ3v) is 3.15. The van der Waals surface area contributed by atoms with Gasteiger partial charge >= 0.3 is 5.97 Å². The molecule has 0 bridgehead atoms. The molecular weight excluding hydrogens is 264 g/mol. The Kier molecular flexibility index (Phi) is 3.23. The Labute approximate surface area is 113 Å². The lowest BCUT2D eigenvalue weighted by atomic mass is 10.2. The molecule has 2 heterocycles. The van der Waals surface area contributed by atoms with E-state index in [0.717, 1.165) is 29.2 Å². The van der Waals surface area contributed by atoms with Crippen molar-refractivity contribution in [1.82, 2.24) is 14.8 Å². The Morgan fingerprint density at radius 3 is 2.50 bits per heavy atom. The van der Waals surface area contributed by atoms with Crippen LogP contribution in [0.3, 0.4) is 0 Å². The fraction of sp³-hybridized carbons (Fsp3) is 0.250. The minimum atomic E-state index is -1.29. The van der Waals surface area contributed by atoms with Gasteiger partial charge in [0.05, 0.1) is 10.6 Å². The molecule has 0 saturated carbocycles. The smallest absolute Gasteiger partial charge is 0.339 e. The molecule has 0 unspecified atom stereocenters. The van der Waals surface area contributed by atoms with Gasteiger partial charge in [0.2, 0.25) is 0 Å². The van der Waals surface area contributed by atoms with Crippen molar-refractivity contribution in [3.63, 3.8) is 0 Å². The van der Waals surface area contributed by atoms with Gasteiger partial charge in [0.1, 0.15) is 11.8 Å². The molecule has 2 aromatic heterocycles. The minimum absolute atomic E-state index is 0.0665. The molecule has 0 aliphatic carbocycles. The van der Waals surface area contributed by atoms with Crippen LogP contribution in [0.15, 0.2) is 12.3 Å². The van der Waals surface area contributed by atoms with Crippen LogP contribution in [-0.4, -0.2) is 30.8 Å². The number of pyridine rings is 1. The number of hydrogen-bond acceptors (Lipinski definition) is 5. The van der Waals surface area contributed by atoms with Crippen LogP contribution >= 0.6 is 0 Å². The van der Waals surface area contributed by atoms with Crippen molar-refractivity contribution in [2.45, 2.75) is 20.8 Å². The van der Waals surface area contributed by atoms with Gasteiger partial charge in [0.25, 0.3) is 5.69 Å². The maximum absolute atomic E-state index is 11.3. The molecule has 0 fully saturated rings. The quantitative estimate of drug-likeness (QED) is 0.675. The zero-order valence-corrected chi connectivity index (χ0v) is 11.1. The first kappa shape index (κ1) is 13.7. The average Bonchev–Trinajstić information content (AvgIpc) is 2.65. The van der Waals surface area contributed by atoms with E-state index >= 15 is 0 Å². The average molecular weight is 276 g/mol. The maximum atomic E-state index is 11.3. The van der Waals surface area contributed by atoms with Crippen LogP contribution < -0.4 is 0 Å². The molecule has 0 spiro atoms. The molecule has 104 valence electrons. The molecule has 0 saturated heterocycles. The van der Waals surface area contributed by atoms with E-state index in [1.165, 1.54) is 4.68 Å². The molecule has 0 aliphatic rings. The molecule has 20 heavy (non-hydrogen) atoms. The van der Waals surface area contributed by atoms with E-state index in [1.807, 2.05) is 6.92 Å². The van der Waals surface area contributed by atoms with E-state index in [4.69, 9.17) is 0 Å². The van der Waals surface area contributed by atoms with Gasteiger partial charge in [-0.1, -0.05) is 0 Å². The number of nitro groups is 1. The zero-order chi connectivity index (χ0) is 15.0. The number of aromatic nitrogens is 3. The first-order valence-electron chi connectivity index (χ1n) is 5.74. The van der Waals surface area contributed by atoms with E-state index in [9.17, 15) is 20.0 Å². The Hall–Kier alpha value is -2.77. The number of hydrogen-bond donors (Lipinski definition) is 1. The minimum Gasteiger partial charge on any atom is -0.478 e. The summed E-state index contributed by atoms with van der Waals surface area (Å²) in [5, 5.41) is 24.1. The predicted octanol–water partition coefficient (Wildman–Crippen LogP) is 1.80. The van der Waals surface area contributed by atoms with Crippen molar-refractivity contribution in [3.8, 4) is 5.82 Å². The highest BCUT2D eigenvalue weighted by Gasteiger charge is 2.21. The van der Waals surface area contributed by atoms with Gasteiger partial charge in [-0.15, -0.1) is 0 Å². The van der Waals surface area contributed by atoms with Crippen molar-refractivity contribution in [2.24, 2.45) is 0 Å². The molecule has 1 N–H and O–H groups in total. The summed E-state index contributed by atoms with van der Waals surface area (Å²) in [5.74, 6) is -1.22. The van der Waals surface area contributed by atoms with Gasteiger partial charge in [-0.25, -0.2) is 14.5 Å². The summed E-state index contributed by atoms with van der Waals surface area (Å²) >= 11 is 0. The van der Waals surface area contributed by atoms with Gasteiger partial charge < -0.3 is 5.11 Å². The Morgan fingerprint density at radius 2 is 2.05 bits per heavy atom. The molecule has 0 radical (unpaired) electrons. The summed E-state index contributed by atoms with van der Waals surface area (Å²) in [4.78, 5) is 25.2. The van der Waals surface area contributed by atoms with Crippen molar-refractivity contribution < 1.29 is 14.8 Å². The number of carboxylic acids is 1. The fourth-order valence-corrected chi connectivity index (χ4v) is 1.80. The summed E-state index contributed by atoms with van der Waals surface area (Å²) in [7, 11) is 0. The molecule has 0 amide bonds. The van der Waals surface area contributed by atoms with Gasteiger partial charge in [0, 0.05) is 11.8 Å². The van der Waals surface area contributed by atoms with Crippen molar-refractivity contribution >= 4 is 11.7 Å². The summed E-state index contributed by atoms with van der Waals surface area (Å²) < 4.78 is 1.39. The number of rotatable bonds is 3. The fourth-order valence-electron chi connectivity index (χ4n) is 1.80. The number of carbonyl (C=O) groups is 1. The molecule has 2 rings (SSSR count). The predicted molar refractivity (Wildman–Crippen MR) is 69.2 cm³/mol. The first-order chi connectivity index (χ1) is 9.32. The van der Waals surface area contributed by atoms with Crippen molar-refractivity contribution in [3.05, 3.63) is 44.9 Å². The topological polar surface area (TPSA) is 111 Å². The molecular formula is C12H12N4O4. The lowest BCUT2D eigenvalue weighted by molar-refractivity contribution is -0.385. The van der Waals surface area contributed by atoms with Gasteiger partial charge in [-0.2, -0.15) is 5.10 Å². The largest absolute Gasteiger partial charge is 0.478 e.